The molecule has 0 saturated heterocycles. The second kappa shape index (κ2) is 6.35. The number of carbonyl (C=O) groups is 1. The molecular weight excluding hydrogens is 235 g/mol. The summed E-state index contributed by atoms with van der Waals surface area (Å²) in [6.07, 6.45) is 0. The van der Waals surface area contributed by atoms with Gasteiger partial charge in [0.25, 0.3) is 0 Å². The lowest BCUT2D eigenvalue weighted by Gasteiger charge is -2.17. The van der Waals surface area contributed by atoms with Gasteiger partial charge in [-0.3, -0.25) is 4.79 Å². The van der Waals surface area contributed by atoms with Gasteiger partial charge in [0.2, 0.25) is 5.91 Å². The largest absolute Gasteiger partial charge is 0.380 e. The second-order valence-corrected chi connectivity index (χ2v) is 4.20. The van der Waals surface area contributed by atoms with Crippen LogP contribution in [0.25, 0.3) is 0 Å². The lowest BCUT2D eigenvalue weighted by molar-refractivity contribution is 0.1000. The number of nitrogens with two attached hydrogens (primary N) is 1. The highest BCUT2D eigenvalue weighted by Crippen LogP contribution is 2.21. The van der Waals surface area contributed by atoms with Crippen LogP contribution in [0.3, 0.4) is 0 Å². The van der Waals surface area contributed by atoms with Crippen molar-refractivity contribution in [2.45, 2.75) is 26.8 Å². The zero-order chi connectivity index (χ0) is 13.7. The van der Waals surface area contributed by atoms with Crippen LogP contribution >= 0.6 is 0 Å². The topological polar surface area (TPSA) is 64.3 Å². The van der Waals surface area contributed by atoms with Gasteiger partial charge in [-0.05, 0) is 32.9 Å². The van der Waals surface area contributed by atoms with Crippen LogP contribution in [-0.2, 0) is 4.74 Å². The molecule has 1 amide bonds. The smallest absolute Gasteiger partial charge is 0.248 e. The fourth-order valence-corrected chi connectivity index (χ4v) is 1.57. The molecule has 3 N–H and O–H groups in total. The number of amides is 1. The minimum atomic E-state index is -0.644. The highest BCUT2D eigenvalue weighted by molar-refractivity contribution is 5.94. The van der Waals surface area contributed by atoms with Gasteiger partial charge in [-0.2, -0.15) is 0 Å². The van der Waals surface area contributed by atoms with Gasteiger partial charge in [-0.25, -0.2) is 4.39 Å². The summed E-state index contributed by atoms with van der Waals surface area (Å²) in [6.45, 7) is 6.62. The minimum Gasteiger partial charge on any atom is -0.380 e. The Labute approximate surface area is 106 Å². The molecule has 1 rings (SSSR count). The summed E-state index contributed by atoms with van der Waals surface area (Å²) < 4.78 is 18.9. The number of rotatable bonds is 6. The van der Waals surface area contributed by atoms with Crippen molar-refractivity contribution in [1.82, 2.24) is 0 Å². The van der Waals surface area contributed by atoms with E-state index in [0.717, 1.165) is 6.07 Å². The van der Waals surface area contributed by atoms with E-state index in [9.17, 15) is 9.18 Å². The van der Waals surface area contributed by atoms with E-state index in [2.05, 4.69) is 5.32 Å². The molecule has 0 bridgehead atoms. The number of benzene rings is 1. The number of nitrogens with one attached hydrogen (secondary N) is 1. The SMILES string of the molecule is CCOCC(C)Nc1cc(C(N)=O)cc(F)c1C. The van der Waals surface area contributed by atoms with Crippen LogP contribution in [0.5, 0.6) is 0 Å². The van der Waals surface area contributed by atoms with Gasteiger partial charge in [0, 0.05) is 29.5 Å². The molecule has 0 fully saturated rings. The molecule has 0 aliphatic carbocycles. The first-order valence-corrected chi connectivity index (χ1v) is 5.90. The predicted octanol–water partition coefficient (Wildman–Crippen LogP) is 2.07. The van der Waals surface area contributed by atoms with Crippen molar-refractivity contribution in [3.63, 3.8) is 0 Å². The average Bonchev–Trinajstić information content (AvgIpc) is 2.31. The number of carbonyl (C=O) groups excluding carboxylic acids is 1. The zero-order valence-corrected chi connectivity index (χ0v) is 10.9. The van der Waals surface area contributed by atoms with Crippen LogP contribution in [0.1, 0.15) is 29.8 Å². The predicted molar refractivity (Wildman–Crippen MR) is 69.2 cm³/mol. The van der Waals surface area contributed by atoms with Gasteiger partial charge >= 0.3 is 0 Å². The Kier molecular flexibility index (Phi) is 5.09. The van der Waals surface area contributed by atoms with Crippen LogP contribution in [-0.4, -0.2) is 25.2 Å². The molecule has 1 atom stereocenters. The summed E-state index contributed by atoms with van der Waals surface area (Å²) in [5.41, 5.74) is 6.34. The van der Waals surface area contributed by atoms with E-state index in [1.165, 1.54) is 0 Å². The number of halogens is 1. The fraction of sp³-hybridized carbons (Fsp3) is 0.462. The summed E-state index contributed by atoms with van der Waals surface area (Å²) in [4.78, 5) is 11.1. The molecule has 0 aromatic heterocycles. The van der Waals surface area contributed by atoms with Crippen molar-refractivity contribution in [3.05, 3.63) is 29.1 Å². The maximum Gasteiger partial charge on any atom is 0.248 e. The molecule has 1 aromatic rings. The lowest BCUT2D eigenvalue weighted by Crippen LogP contribution is -2.23. The number of anilines is 1. The van der Waals surface area contributed by atoms with Gasteiger partial charge in [-0.1, -0.05) is 0 Å². The van der Waals surface area contributed by atoms with E-state index >= 15 is 0 Å². The van der Waals surface area contributed by atoms with Gasteiger partial charge in [-0.15, -0.1) is 0 Å². The fourth-order valence-electron chi connectivity index (χ4n) is 1.57. The Morgan fingerprint density at radius 3 is 2.78 bits per heavy atom. The summed E-state index contributed by atoms with van der Waals surface area (Å²) in [7, 11) is 0. The summed E-state index contributed by atoms with van der Waals surface area (Å²) in [5.74, 6) is -1.09. The third-order valence-electron chi connectivity index (χ3n) is 2.60. The molecule has 5 heteroatoms. The van der Waals surface area contributed by atoms with Gasteiger partial charge < -0.3 is 15.8 Å². The first kappa shape index (κ1) is 14.4. The average molecular weight is 254 g/mol. The van der Waals surface area contributed by atoms with Crippen LogP contribution in [0.2, 0.25) is 0 Å². The highest BCUT2D eigenvalue weighted by atomic mass is 19.1. The van der Waals surface area contributed by atoms with Crippen molar-refractivity contribution in [2.24, 2.45) is 5.73 Å². The molecule has 0 radical (unpaired) electrons. The lowest BCUT2D eigenvalue weighted by atomic mass is 10.1. The van der Waals surface area contributed by atoms with Crippen molar-refractivity contribution in [1.29, 1.82) is 0 Å². The normalized spacial score (nSPS) is 12.2. The van der Waals surface area contributed by atoms with Crippen LogP contribution in [0.4, 0.5) is 10.1 Å². The van der Waals surface area contributed by atoms with E-state index in [1.807, 2.05) is 13.8 Å². The molecule has 1 aromatic carbocycles. The minimum absolute atomic E-state index is 0.0196. The van der Waals surface area contributed by atoms with Crippen molar-refractivity contribution >= 4 is 11.6 Å². The number of hydrogen-bond acceptors (Lipinski definition) is 3. The molecule has 18 heavy (non-hydrogen) atoms. The Balaban J connectivity index is 2.90. The second-order valence-electron chi connectivity index (χ2n) is 4.20. The van der Waals surface area contributed by atoms with E-state index in [1.54, 1.807) is 13.0 Å². The Hall–Kier alpha value is -1.62. The van der Waals surface area contributed by atoms with Crippen LogP contribution in [0, 0.1) is 12.7 Å². The first-order valence-electron chi connectivity index (χ1n) is 5.90. The van der Waals surface area contributed by atoms with Crippen molar-refractivity contribution < 1.29 is 13.9 Å². The van der Waals surface area contributed by atoms with E-state index in [0.29, 0.717) is 24.5 Å². The number of primary amides is 1. The van der Waals surface area contributed by atoms with Gasteiger partial charge in [0.1, 0.15) is 5.82 Å². The monoisotopic (exact) mass is 254 g/mol. The molecule has 0 aliphatic rings. The quantitative estimate of drug-likeness (QED) is 0.816. The summed E-state index contributed by atoms with van der Waals surface area (Å²) >= 11 is 0. The standard InChI is InChI=1S/C13H19FN2O2/c1-4-18-7-8(2)16-12-6-10(13(15)17)5-11(14)9(12)3/h5-6,8,16H,4,7H2,1-3H3,(H2,15,17). The Bertz CT molecular complexity index is 435. The maximum atomic E-state index is 13.6. The number of ether oxygens (including phenoxy) is 1. The Morgan fingerprint density at radius 1 is 1.56 bits per heavy atom. The summed E-state index contributed by atoms with van der Waals surface area (Å²) in [6, 6.07) is 2.73. The van der Waals surface area contributed by atoms with E-state index < -0.39 is 11.7 Å². The molecule has 0 aliphatic heterocycles. The van der Waals surface area contributed by atoms with Gasteiger partial charge in [0.05, 0.1) is 6.61 Å². The molecule has 1 unspecified atom stereocenters. The molecule has 0 saturated carbocycles. The Morgan fingerprint density at radius 2 is 2.22 bits per heavy atom. The third-order valence-corrected chi connectivity index (χ3v) is 2.60. The third kappa shape index (κ3) is 3.70. The first-order chi connectivity index (χ1) is 8.45. The molecule has 4 nitrogen and oxygen atoms in total. The van der Waals surface area contributed by atoms with Crippen molar-refractivity contribution in [3.8, 4) is 0 Å². The van der Waals surface area contributed by atoms with E-state index in [4.69, 9.17) is 10.5 Å². The van der Waals surface area contributed by atoms with Crippen LogP contribution < -0.4 is 11.1 Å². The van der Waals surface area contributed by atoms with Crippen molar-refractivity contribution in [2.75, 3.05) is 18.5 Å². The molecule has 0 heterocycles. The maximum absolute atomic E-state index is 13.6. The summed E-state index contributed by atoms with van der Waals surface area (Å²) in [5, 5.41) is 3.11. The zero-order valence-electron chi connectivity index (χ0n) is 10.9. The highest BCUT2D eigenvalue weighted by Gasteiger charge is 2.12. The van der Waals surface area contributed by atoms with Crippen LogP contribution in [0.15, 0.2) is 12.1 Å². The molecular formula is C13H19FN2O2. The van der Waals surface area contributed by atoms with Gasteiger partial charge in [0.15, 0.2) is 0 Å². The number of hydrogen-bond donors (Lipinski definition) is 2. The molecule has 0 spiro atoms. The molecule has 100 valence electrons. The van der Waals surface area contributed by atoms with E-state index in [-0.39, 0.29) is 11.6 Å².